The average Bonchev–Trinajstić information content (AvgIpc) is 3.37. The molecule has 0 fully saturated rings. The van der Waals surface area contributed by atoms with Gasteiger partial charge in [-0.05, 0) is 19.1 Å². The maximum absolute atomic E-state index is 13.1. The van der Waals surface area contributed by atoms with Gasteiger partial charge in [-0.1, -0.05) is 37.3 Å². The SMILES string of the molecule is Cc1c(-c2cn(Cc3csc(C(C)C)n3)nn2)c(=O)n(-c2ccccc2)n1C. The molecule has 0 atom stereocenters. The molecule has 0 unspecified atom stereocenters. The average molecular weight is 395 g/mol. The number of hydrogen-bond acceptors (Lipinski definition) is 5. The van der Waals surface area contributed by atoms with Crippen molar-refractivity contribution >= 4 is 11.3 Å². The van der Waals surface area contributed by atoms with E-state index in [2.05, 4.69) is 29.1 Å². The fourth-order valence-electron chi connectivity index (χ4n) is 3.18. The lowest BCUT2D eigenvalue weighted by atomic mass is 10.2. The van der Waals surface area contributed by atoms with E-state index in [1.165, 1.54) is 0 Å². The second-order valence-corrected chi connectivity index (χ2v) is 7.96. The summed E-state index contributed by atoms with van der Waals surface area (Å²) in [5, 5.41) is 11.6. The molecule has 144 valence electrons. The smallest absolute Gasteiger partial charge is 0.281 e. The molecule has 0 N–H and O–H groups in total. The largest absolute Gasteiger partial charge is 0.285 e. The predicted octanol–water partition coefficient (Wildman–Crippen LogP) is 3.37. The lowest BCUT2D eigenvalue weighted by Gasteiger charge is -2.07. The highest BCUT2D eigenvalue weighted by Gasteiger charge is 2.20. The van der Waals surface area contributed by atoms with Crippen molar-refractivity contribution in [1.82, 2.24) is 29.3 Å². The van der Waals surface area contributed by atoms with Crippen LogP contribution in [0.3, 0.4) is 0 Å². The van der Waals surface area contributed by atoms with Crippen LogP contribution < -0.4 is 5.56 Å². The Morgan fingerprint density at radius 3 is 2.61 bits per heavy atom. The predicted molar refractivity (Wildman–Crippen MR) is 110 cm³/mol. The fraction of sp³-hybridized carbons (Fsp3) is 0.300. The fourth-order valence-corrected chi connectivity index (χ4v) is 4.01. The minimum atomic E-state index is -0.103. The van der Waals surface area contributed by atoms with Gasteiger partial charge in [-0.2, -0.15) is 0 Å². The first-order valence-electron chi connectivity index (χ1n) is 9.14. The van der Waals surface area contributed by atoms with E-state index in [4.69, 9.17) is 0 Å². The van der Waals surface area contributed by atoms with Crippen LogP contribution in [0.5, 0.6) is 0 Å². The Balaban J connectivity index is 1.68. The Labute approximate surface area is 166 Å². The Bertz CT molecular complexity index is 1170. The highest BCUT2D eigenvalue weighted by molar-refractivity contribution is 7.09. The lowest BCUT2D eigenvalue weighted by Crippen LogP contribution is -2.20. The molecule has 0 amide bonds. The van der Waals surface area contributed by atoms with Crippen molar-refractivity contribution in [2.45, 2.75) is 33.2 Å². The summed E-state index contributed by atoms with van der Waals surface area (Å²) in [6.45, 7) is 6.72. The molecule has 1 aromatic carbocycles. The highest BCUT2D eigenvalue weighted by atomic mass is 32.1. The molecule has 0 spiro atoms. The Kier molecular flexibility index (Phi) is 4.72. The van der Waals surface area contributed by atoms with E-state index in [0.717, 1.165) is 22.1 Å². The summed E-state index contributed by atoms with van der Waals surface area (Å²) < 4.78 is 5.23. The first-order chi connectivity index (χ1) is 13.5. The van der Waals surface area contributed by atoms with Crippen molar-refractivity contribution in [3.05, 3.63) is 68.7 Å². The van der Waals surface area contributed by atoms with E-state index in [-0.39, 0.29) is 5.56 Å². The van der Waals surface area contributed by atoms with Crippen LogP contribution in [0.15, 0.2) is 46.7 Å². The molecule has 0 bridgehead atoms. The molecule has 0 saturated carbocycles. The van der Waals surface area contributed by atoms with Crippen molar-refractivity contribution in [3.8, 4) is 16.9 Å². The van der Waals surface area contributed by atoms with E-state index >= 15 is 0 Å². The summed E-state index contributed by atoms with van der Waals surface area (Å²) in [5.41, 5.74) is 3.66. The van der Waals surface area contributed by atoms with Gasteiger partial charge in [-0.25, -0.2) is 14.3 Å². The number of aromatic nitrogens is 6. The number of benzene rings is 1. The third kappa shape index (κ3) is 3.20. The third-order valence-electron chi connectivity index (χ3n) is 4.74. The van der Waals surface area contributed by atoms with Crippen LogP contribution in [0.1, 0.15) is 36.2 Å². The molecule has 3 heterocycles. The zero-order valence-corrected chi connectivity index (χ0v) is 17.1. The zero-order chi connectivity index (χ0) is 19.8. The number of thiazole rings is 1. The molecule has 4 aromatic rings. The van der Waals surface area contributed by atoms with Gasteiger partial charge in [-0.15, -0.1) is 16.4 Å². The van der Waals surface area contributed by atoms with Gasteiger partial charge >= 0.3 is 0 Å². The molecule has 0 aliphatic heterocycles. The third-order valence-corrected chi connectivity index (χ3v) is 5.93. The second-order valence-electron chi connectivity index (χ2n) is 7.07. The van der Waals surface area contributed by atoms with Crippen LogP contribution in [0.25, 0.3) is 16.9 Å². The first-order valence-corrected chi connectivity index (χ1v) is 10.0. The zero-order valence-electron chi connectivity index (χ0n) is 16.3. The Morgan fingerprint density at radius 1 is 1.18 bits per heavy atom. The van der Waals surface area contributed by atoms with Gasteiger partial charge in [0.05, 0.1) is 34.7 Å². The molecule has 7 nitrogen and oxygen atoms in total. The van der Waals surface area contributed by atoms with Crippen LogP contribution in [0.2, 0.25) is 0 Å². The van der Waals surface area contributed by atoms with Gasteiger partial charge in [0.15, 0.2) is 0 Å². The van der Waals surface area contributed by atoms with Crippen molar-refractivity contribution in [2.75, 3.05) is 0 Å². The van der Waals surface area contributed by atoms with Gasteiger partial charge in [0, 0.05) is 24.0 Å². The summed E-state index contributed by atoms with van der Waals surface area (Å²) in [6.07, 6.45) is 1.81. The highest BCUT2D eigenvalue weighted by Crippen LogP contribution is 2.21. The van der Waals surface area contributed by atoms with E-state index in [9.17, 15) is 4.79 Å². The Morgan fingerprint density at radius 2 is 1.93 bits per heavy atom. The number of hydrogen-bond donors (Lipinski definition) is 0. The van der Waals surface area contributed by atoms with Crippen molar-refractivity contribution in [3.63, 3.8) is 0 Å². The van der Waals surface area contributed by atoms with E-state index < -0.39 is 0 Å². The molecule has 0 aliphatic carbocycles. The van der Waals surface area contributed by atoms with Gasteiger partial charge in [0.25, 0.3) is 5.56 Å². The second kappa shape index (κ2) is 7.20. The monoisotopic (exact) mass is 394 g/mol. The van der Waals surface area contributed by atoms with Crippen LogP contribution in [0.4, 0.5) is 0 Å². The Hall–Kier alpha value is -3.00. The summed E-state index contributed by atoms with van der Waals surface area (Å²) in [5.74, 6) is 0.411. The maximum Gasteiger partial charge on any atom is 0.281 e. The molecule has 0 saturated heterocycles. The van der Waals surface area contributed by atoms with Gasteiger partial charge in [0.1, 0.15) is 5.69 Å². The quantitative estimate of drug-likeness (QED) is 0.520. The number of nitrogens with zero attached hydrogens (tertiary/aromatic N) is 6. The van der Waals surface area contributed by atoms with Gasteiger partial charge in [-0.3, -0.25) is 9.48 Å². The van der Waals surface area contributed by atoms with Crippen LogP contribution in [0, 0.1) is 6.92 Å². The van der Waals surface area contributed by atoms with Crippen LogP contribution in [-0.4, -0.2) is 29.3 Å². The van der Waals surface area contributed by atoms with E-state index in [1.54, 1.807) is 20.7 Å². The summed E-state index contributed by atoms with van der Waals surface area (Å²) in [6, 6.07) is 9.59. The molecule has 0 radical (unpaired) electrons. The molecule has 8 heteroatoms. The molecular formula is C20H22N6OS. The van der Waals surface area contributed by atoms with Crippen LogP contribution in [-0.2, 0) is 13.6 Å². The van der Waals surface area contributed by atoms with E-state index in [0.29, 0.717) is 23.7 Å². The standard InChI is InChI=1S/C20H22N6OS/c1-13(2)19-21-15(12-28-19)10-25-11-17(22-23-25)18-14(3)24(4)26(20(18)27)16-8-6-5-7-9-16/h5-9,11-13H,10H2,1-4H3. The topological polar surface area (TPSA) is 70.5 Å². The molecule has 4 rings (SSSR count). The number of rotatable bonds is 5. The van der Waals surface area contributed by atoms with Crippen molar-refractivity contribution in [1.29, 1.82) is 0 Å². The normalized spacial score (nSPS) is 11.5. The molecule has 3 aromatic heterocycles. The minimum Gasteiger partial charge on any atom is -0.285 e. The van der Waals surface area contributed by atoms with Crippen LogP contribution >= 0.6 is 11.3 Å². The van der Waals surface area contributed by atoms with Crippen molar-refractivity contribution < 1.29 is 0 Å². The summed E-state index contributed by atoms with van der Waals surface area (Å²) in [4.78, 5) is 17.8. The molecule has 28 heavy (non-hydrogen) atoms. The number of para-hydroxylation sites is 1. The summed E-state index contributed by atoms with van der Waals surface area (Å²) in [7, 11) is 1.88. The molecular weight excluding hydrogens is 372 g/mol. The van der Waals surface area contributed by atoms with Gasteiger partial charge < -0.3 is 0 Å². The van der Waals surface area contributed by atoms with Crippen molar-refractivity contribution in [2.24, 2.45) is 7.05 Å². The molecule has 0 aliphatic rings. The lowest BCUT2D eigenvalue weighted by molar-refractivity contribution is 0.630. The first kappa shape index (κ1) is 18.4. The summed E-state index contributed by atoms with van der Waals surface area (Å²) >= 11 is 1.66. The minimum absolute atomic E-state index is 0.103. The van der Waals surface area contributed by atoms with Gasteiger partial charge in [0.2, 0.25) is 0 Å². The van der Waals surface area contributed by atoms with E-state index in [1.807, 2.05) is 60.6 Å². The maximum atomic E-state index is 13.1.